The highest BCUT2D eigenvalue weighted by molar-refractivity contribution is 9.10. The SMILES string of the molecule is CC(C)(C)OC(=O)N1c2cc(Br)ccc2CCCC1C(=O)O. The lowest BCUT2D eigenvalue weighted by Crippen LogP contribution is -2.47. The van der Waals surface area contributed by atoms with Gasteiger partial charge in [0, 0.05) is 4.47 Å². The number of aryl methyl sites for hydroxylation is 1. The number of hydrogen-bond acceptors (Lipinski definition) is 3. The van der Waals surface area contributed by atoms with Gasteiger partial charge in [-0.2, -0.15) is 0 Å². The average molecular weight is 370 g/mol. The van der Waals surface area contributed by atoms with E-state index in [9.17, 15) is 14.7 Å². The van der Waals surface area contributed by atoms with Crippen LogP contribution >= 0.6 is 15.9 Å². The number of amides is 1. The Labute approximate surface area is 138 Å². The quantitative estimate of drug-likeness (QED) is 0.812. The molecule has 1 heterocycles. The van der Waals surface area contributed by atoms with Crippen LogP contribution in [0.3, 0.4) is 0 Å². The number of carbonyl (C=O) groups excluding carboxylic acids is 1. The molecule has 0 fully saturated rings. The van der Waals surface area contributed by atoms with Crippen LogP contribution in [0.25, 0.3) is 0 Å². The number of carboxylic acids is 1. The number of carbonyl (C=O) groups is 2. The van der Waals surface area contributed by atoms with Crippen molar-refractivity contribution in [3.8, 4) is 0 Å². The highest BCUT2D eigenvalue weighted by Gasteiger charge is 2.36. The van der Waals surface area contributed by atoms with E-state index in [2.05, 4.69) is 15.9 Å². The fourth-order valence-electron chi connectivity index (χ4n) is 2.53. The Balaban J connectivity index is 2.49. The zero-order valence-corrected chi connectivity index (χ0v) is 14.5. The number of halogens is 1. The van der Waals surface area contributed by atoms with Crippen molar-refractivity contribution in [1.29, 1.82) is 0 Å². The largest absolute Gasteiger partial charge is 0.480 e. The maximum atomic E-state index is 12.6. The first-order chi connectivity index (χ1) is 10.2. The van der Waals surface area contributed by atoms with E-state index in [-0.39, 0.29) is 0 Å². The van der Waals surface area contributed by atoms with Crippen LogP contribution in [0.1, 0.15) is 39.2 Å². The van der Waals surface area contributed by atoms with Crippen molar-refractivity contribution in [2.24, 2.45) is 0 Å². The molecular formula is C16H20BrNO4. The van der Waals surface area contributed by atoms with Crippen LogP contribution < -0.4 is 4.90 Å². The number of nitrogens with zero attached hydrogens (tertiary/aromatic N) is 1. The standard InChI is InChI=1S/C16H20BrNO4/c1-16(2,3)22-15(21)18-12(14(19)20)6-4-5-10-7-8-11(17)9-13(10)18/h7-9,12H,4-6H2,1-3H3,(H,19,20). The van der Waals surface area contributed by atoms with Crippen LogP contribution in [0.2, 0.25) is 0 Å². The molecule has 0 spiro atoms. The highest BCUT2D eigenvalue weighted by atomic mass is 79.9. The molecule has 1 N–H and O–H groups in total. The molecule has 1 aliphatic heterocycles. The molecule has 22 heavy (non-hydrogen) atoms. The summed E-state index contributed by atoms with van der Waals surface area (Å²) in [5, 5.41) is 9.51. The van der Waals surface area contributed by atoms with Crippen LogP contribution in [0.5, 0.6) is 0 Å². The summed E-state index contributed by atoms with van der Waals surface area (Å²) in [5.74, 6) is -1.02. The molecule has 6 heteroatoms. The van der Waals surface area contributed by atoms with Gasteiger partial charge in [-0.3, -0.25) is 4.90 Å². The topological polar surface area (TPSA) is 66.8 Å². The second kappa shape index (κ2) is 6.28. The summed E-state index contributed by atoms with van der Waals surface area (Å²) in [7, 11) is 0. The summed E-state index contributed by atoms with van der Waals surface area (Å²) in [4.78, 5) is 25.5. The number of ether oxygens (including phenoxy) is 1. The molecule has 0 aromatic heterocycles. The Morgan fingerprint density at radius 1 is 1.36 bits per heavy atom. The Kier molecular flexibility index (Phi) is 4.80. The first-order valence-corrected chi connectivity index (χ1v) is 8.02. The van der Waals surface area contributed by atoms with Crippen molar-refractivity contribution in [3.63, 3.8) is 0 Å². The number of carboxylic acid groups (broad SMARTS) is 1. The van der Waals surface area contributed by atoms with E-state index >= 15 is 0 Å². The molecule has 1 atom stereocenters. The third kappa shape index (κ3) is 3.80. The van der Waals surface area contributed by atoms with Crippen molar-refractivity contribution >= 4 is 33.7 Å². The predicted octanol–water partition coefficient (Wildman–Crippen LogP) is 3.98. The summed E-state index contributed by atoms with van der Waals surface area (Å²) < 4.78 is 6.22. The smallest absolute Gasteiger partial charge is 0.415 e. The molecule has 0 saturated heterocycles. The minimum atomic E-state index is -1.02. The second-order valence-corrected chi connectivity index (χ2v) is 7.29. The maximum Gasteiger partial charge on any atom is 0.415 e. The lowest BCUT2D eigenvalue weighted by Gasteiger charge is -2.31. The van der Waals surface area contributed by atoms with E-state index in [1.165, 1.54) is 4.90 Å². The van der Waals surface area contributed by atoms with Gasteiger partial charge in [0.05, 0.1) is 5.69 Å². The molecule has 0 aliphatic carbocycles. The lowest BCUT2D eigenvalue weighted by atomic mass is 10.1. The van der Waals surface area contributed by atoms with E-state index < -0.39 is 23.7 Å². The number of hydrogen-bond donors (Lipinski definition) is 1. The zero-order valence-electron chi connectivity index (χ0n) is 12.9. The van der Waals surface area contributed by atoms with E-state index in [0.29, 0.717) is 18.5 Å². The summed E-state index contributed by atoms with van der Waals surface area (Å²) >= 11 is 3.38. The molecule has 1 aliphatic rings. The van der Waals surface area contributed by atoms with Crippen LogP contribution in [0.4, 0.5) is 10.5 Å². The van der Waals surface area contributed by atoms with Crippen molar-refractivity contribution in [2.45, 2.75) is 51.7 Å². The Hall–Kier alpha value is -1.56. The molecule has 1 unspecified atom stereocenters. The Morgan fingerprint density at radius 3 is 2.64 bits per heavy atom. The van der Waals surface area contributed by atoms with Gasteiger partial charge in [0.1, 0.15) is 11.6 Å². The van der Waals surface area contributed by atoms with Crippen molar-refractivity contribution < 1.29 is 19.4 Å². The molecule has 1 amide bonds. The van der Waals surface area contributed by atoms with Crippen molar-refractivity contribution in [3.05, 3.63) is 28.2 Å². The van der Waals surface area contributed by atoms with Crippen LogP contribution in [0.15, 0.2) is 22.7 Å². The highest BCUT2D eigenvalue weighted by Crippen LogP contribution is 2.33. The number of benzene rings is 1. The summed E-state index contributed by atoms with van der Waals surface area (Å²) in [6.45, 7) is 5.29. The van der Waals surface area contributed by atoms with E-state index in [1.807, 2.05) is 12.1 Å². The van der Waals surface area contributed by atoms with Gasteiger partial charge in [-0.1, -0.05) is 22.0 Å². The Bertz CT molecular complexity index is 594. The molecule has 5 nitrogen and oxygen atoms in total. The molecule has 0 bridgehead atoms. The first-order valence-electron chi connectivity index (χ1n) is 7.22. The molecule has 0 radical (unpaired) electrons. The first kappa shape index (κ1) is 16.8. The van der Waals surface area contributed by atoms with E-state index in [0.717, 1.165) is 16.5 Å². The van der Waals surface area contributed by atoms with Crippen LogP contribution in [0, 0.1) is 0 Å². The van der Waals surface area contributed by atoms with Gasteiger partial charge in [0.15, 0.2) is 0 Å². The van der Waals surface area contributed by atoms with Gasteiger partial charge in [0.25, 0.3) is 0 Å². The van der Waals surface area contributed by atoms with Crippen molar-refractivity contribution in [1.82, 2.24) is 0 Å². The van der Waals surface area contributed by atoms with Gasteiger partial charge in [-0.05, 0) is 57.7 Å². The molecule has 2 rings (SSSR count). The third-order valence-electron chi connectivity index (χ3n) is 3.42. The fourth-order valence-corrected chi connectivity index (χ4v) is 2.88. The minimum Gasteiger partial charge on any atom is -0.480 e. The van der Waals surface area contributed by atoms with Gasteiger partial charge in [0.2, 0.25) is 0 Å². The van der Waals surface area contributed by atoms with Gasteiger partial charge in [-0.15, -0.1) is 0 Å². The molecule has 120 valence electrons. The predicted molar refractivity (Wildman–Crippen MR) is 87.2 cm³/mol. The van der Waals surface area contributed by atoms with Crippen LogP contribution in [-0.2, 0) is 16.0 Å². The number of aliphatic carboxylic acids is 1. The molecule has 0 saturated carbocycles. The number of anilines is 1. The van der Waals surface area contributed by atoms with Crippen molar-refractivity contribution in [2.75, 3.05) is 4.90 Å². The molecule has 1 aromatic rings. The third-order valence-corrected chi connectivity index (χ3v) is 3.91. The van der Waals surface area contributed by atoms with Crippen LogP contribution in [-0.4, -0.2) is 28.8 Å². The molecule has 1 aromatic carbocycles. The van der Waals surface area contributed by atoms with E-state index in [4.69, 9.17) is 4.74 Å². The number of rotatable bonds is 1. The van der Waals surface area contributed by atoms with Gasteiger partial charge < -0.3 is 9.84 Å². The van der Waals surface area contributed by atoms with Gasteiger partial charge >= 0.3 is 12.1 Å². The lowest BCUT2D eigenvalue weighted by molar-refractivity contribution is -0.138. The Morgan fingerprint density at radius 2 is 2.05 bits per heavy atom. The average Bonchev–Trinajstić information content (AvgIpc) is 2.55. The summed E-state index contributed by atoms with van der Waals surface area (Å²) in [6.07, 6.45) is 1.23. The normalized spacial score (nSPS) is 18.4. The van der Waals surface area contributed by atoms with E-state index in [1.54, 1.807) is 26.8 Å². The monoisotopic (exact) mass is 369 g/mol. The summed E-state index contributed by atoms with van der Waals surface area (Å²) in [5.41, 5.74) is 0.879. The maximum absolute atomic E-state index is 12.6. The van der Waals surface area contributed by atoms with Gasteiger partial charge in [-0.25, -0.2) is 9.59 Å². The zero-order chi connectivity index (χ0) is 16.5. The molecular weight excluding hydrogens is 350 g/mol. The number of fused-ring (bicyclic) bond motifs is 1. The fraction of sp³-hybridized carbons (Fsp3) is 0.500. The second-order valence-electron chi connectivity index (χ2n) is 6.37. The summed E-state index contributed by atoms with van der Waals surface area (Å²) in [6, 6.07) is 4.68. The minimum absolute atomic E-state index is 0.404.